The highest BCUT2D eigenvalue weighted by molar-refractivity contribution is 6.07. The maximum atomic E-state index is 12.4. The van der Waals surface area contributed by atoms with E-state index in [1.807, 2.05) is 30.0 Å². The third-order valence-corrected chi connectivity index (χ3v) is 4.39. The molecule has 2 aliphatic rings. The van der Waals surface area contributed by atoms with Crippen LogP contribution >= 0.6 is 0 Å². The van der Waals surface area contributed by atoms with Crippen molar-refractivity contribution in [3.05, 3.63) is 23.8 Å². The summed E-state index contributed by atoms with van der Waals surface area (Å²) in [5.41, 5.74) is 8.88. The maximum Gasteiger partial charge on any atom is 0.234 e. The zero-order valence-corrected chi connectivity index (χ0v) is 10.9. The van der Waals surface area contributed by atoms with Crippen LogP contribution in [0.2, 0.25) is 0 Å². The van der Waals surface area contributed by atoms with Crippen molar-refractivity contribution in [1.82, 2.24) is 0 Å². The highest BCUT2D eigenvalue weighted by Gasteiger charge is 2.36. The molecule has 3 nitrogen and oxygen atoms in total. The van der Waals surface area contributed by atoms with Crippen LogP contribution in [0.5, 0.6) is 0 Å². The van der Waals surface area contributed by atoms with E-state index in [0.29, 0.717) is 5.92 Å². The van der Waals surface area contributed by atoms with Crippen molar-refractivity contribution in [2.75, 3.05) is 17.2 Å². The number of hydrogen-bond donors (Lipinski definition) is 1. The Kier molecular flexibility index (Phi) is 2.77. The topological polar surface area (TPSA) is 46.3 Å². The molecule has 1 unspecified atom stereocenters. The van der Waals surface area contributed by atoms with Crippen molar-refractivity contribution >= 4 is 17.3 Å². The summed E-state index contributed by atoms with van der Waals surface area (Å²) in [6, 6.07) is 5.87. The Balaban J connectivity index is 1.93. The quantitative estimate of drug-likeness (QED) is 0.813. The second-order valence-electron chi connectivity index (χ2n) is 5.61. The van der Waals surface area contributed by atoms with Gasteiger partial charge in [-0.3, -0.25) is 4.79 Å². The summed E-state index contributed by atoms with van der Waals surface area (Å²) in [5, 5.41) is 0. The fourth-order valence-electron chi connectivity index (χ4n) is 3.35. The Morgan fingerprint density at radius 2 is 2.06 bits per heavy atom. The largest absolute Gasteiger partial charge is 0.397 e. The van der Waals surface area contributed by atoms with Gasteiger partial charge in [0.15, 0.2) is 0 Å². The van der Waals surface area contributed by atoms with E-state index in [9.17, 15) is 4.79 Å². The monoisotopic (exact) mass is 244 g/mol. The minimum absolute atomic E-state index is 0.0371. The molecule has 1 aliphatic carbocycles. The molecule has 1 amide bonds. The number of rotatable bonds is 2. The second kappa shape index (κ2) is 4.30. The Morgan fingerprint density at radius 3 is 2.78 bits per heavy atom. The van der Waals surface area contributed by atoms with Crippen molar-refractivity contribution < 1.29 is 4.79 Å². The number of nitrogens with two attached hydrogens (primary N) is 1. The lowest BCUT2D eigenvalue weighted by Gasteiger charge is -2.22. The van der Waals surface area contributed by atoms with Crippen LogP contribution in [-0.2, 0) is 4.79 Å². The van der Waals surface area contributed by atoms with E-state index < -0.39 is 0 Å². The van der Waals surface area contributed by atoms with E-state index in [0.717, 1.165) is 23.5 Å². The molecule has 96 valence electrons. The van der Waals surface area contributed by atoms with E-state index in [4.69, 9.17) is 5.73 Å². The molecule has 1 heterocycles. The molecule has 1 aromatic carbocycles. The average Bonchev–Trinajstić information content (AvgIpc) is 2.94. The Bertz CT molecular complexity index is 477. The summed E-state index contributed by atoms with van der Waals surface area (Å²) in [4.78, 5) is 14.3. The van der Waals surface area contributed by atoms with Crippen molar-refractivity contribution in [3.8, 4) is 0 Å². The number of nitrogen functional groups attached to an aromatic ring is 1. The molecule has 3 rings (SSSR count). The first-order valence-electron chi connectivity index (χ1n) is 6.88. The average molecular weight is 244 g/mol. The Hall–Kier alpha value is -1.51. The molecule has 0 spiro atoms. The molecular weight excluding hydrogens is 224 g/mol. The summed E-state index contributed by atoms with van der Waals surface area (Å²) in [5.74, 6) is 0.839. The van der Waals surface area contributed by atoms with Gasteiger partial charge in [-0.25, -0.2) is 0 Å². The number of anilines is 2. The second-order valence-corrected chi connectivity index (χ2v) is 5.61. The third-order valence-electron chi connectivity index (χ3n) is 4.39. The van der Waals surface area contributed by atoms with Crippen LogP contribution in [0.25, 0.3) is 0 Å². The molecule has 1 aromatic rings. The fourth-order valence-corrected chi connectivity index (χ4v) is 3.35. The predicted molar refractivity (Wildman–Crippen MR) is 73.6 cm³/mol. The minimum Gasteiger partial charge on any atom is -0.397 e. The highest BCUT2D eigenvalue weighted by Crippen LogP contribution is 2.42. The van der Waals surface area contributed by atoms with Gasteiger partial charge in [-0.05, 0) is 37.3 Å². The molecule has 1 saturated carbocycles. The normalized spacial score (nSPS) is 23.7. The molecule has 1 aliphatic heterocycles. The van der Waals surface area contributed by atoms with E-state index in [2.05, 4.69) is 0 Å². The SMILES string of the molecule is CC1C(=O)N(CC2CCCC2)c2c(N)cccc21. The van der Waals surface area contributed by atoms with E-state index >= 15 is 0 Å². The molecule has 0 bridgehead atoms. The van der Waals surface area contributed by atoms with Gasteiger partial charge in [-0.1, -0.05) is 25.0 Å². The zero-order valence-electron chi connectivity index (χ0n) is 10.9. The van der Waals surface area contributed by atoms with E-state index in [1.54, 1.807) is 0 Å². The van der Waals surface area contributed by atoms with Gasteiger partial charge in [0.25, 0.3) is 0 Å². The van der Waals surface area contributed by atoms with Gasteiger partial charge in [0.05, 0.1) is 17.3 Å². The van der Waals surface area contributed by atoms with Gasteiger partial charge < -0.3 is 10.6 Å². The lowest BCUT2D eigenvalue weighted by Crippen LogP contribution is -2.32. The summed E-state index contributed by atoms with van der Waals surface area (Å²) >= 11 is 0. The van der Waals surface area contributed by atoms with E-state index in [1.165, 1.54) is 25.7 Å². The van der Waals surface area contributed by atoms with Gasteiger partial charge in [-0.2, -0.15) is 0 Å². The number of hydrogen-bond acceptors (Lipinski definition) is 2. The third kappa shape index (κ3) is 1.69. The molecule has 3 heteroatoms. The number of benzene rings is 1. The molecule has 1 atom stereocenters. The van der Waals surface area contributed by atoms with Crippen molar-refractivity contribution in [2.24, 2.45) is 5.92 Å². The Morgan fingerprint density at radius 1 is 1.33 bits per heavy atom. The standard InChI is InChI=1S/C15H20N2O/c1-10-12-7-4-8-13(16)14(12)17(15(10)18)9-11-5-2-3-6-11/h4,7-8,10-11H,2-3,5-6,9,16H2,1H3. The van der Waals surface area contributed by atoms with Gasteiger partial charge in [0, 0.05) is 6.54 Å². The molecule has 18 heavy (non-hydrogen) atoms. The number of carbonyl (C=O) groups is 1. The van der Waals surface area contributed by atoms with Crippen LogP contribution in [-0.4, -0.2) is 12.5 Å². The number of amides is 1. The predicted octanol–water partition coefficient (Wildman–Crippen LogP) is 2.91. The number of carbonyl (C=O) groups excluding carboxylic acids is 1. The Labute approximate surface area is 108 Å². The van der Waals surface area contributed by atoms with Crippen LogP contribution in [0.1, 0.15) is 44.1 Å². The van der Waals surface area contributed by atoms with Crippen molar-refractivity contribution in [2.45, 2.75) is 38.5 Å². The number of para-hydroxylation sites is 1. The molecule has 1 fully saturated rings. The first-order chi connectivity index (χ1) is 8.68. The lowest BCUT2D eigenvalue weighted by atomic mass is 10.0. The smallest absolute Gasteiger partial charge is 0.234 e. The first-order valence-corrected chi connectivity index (χ1v) is 6.88. The fraction of sp³-hybridized carbons (Fsp3) is 0.533. The number of fused-ring (bicyclic) bond motifs is 1. The summed E-state index contributed by atoms with van der Waals surface area (Å²) < 4.78 is 0. The summed E-state index contributed by atoms with van der Waals surface area (Å²) in [6.45, 7) is 2.83. The van der Waals surface area contributed by atoms with Crippen molar-refractivity contribution in [3.63, 3.8) is 0 Å². The van der Waals surface area contributed by atoms with Crippen LogP contribution < -0.4 is 10.6 Å². The zero-order chi connectivity index (χ0) is 12.7. The van der Waals surface area contributed by atoms with Crippen LogP contribution in [0.3, 0.4) is 0 Å². The summed E-state index contributed by atoms with van der Waals surface area (Å²) in [7, 11) is 0. The van der Waals surface area contributed by atoms with Crippen molar-refractivity contribution in [1.29, 1.82) is 0 Å². The first kappa shape index (κ1) is 11.6. The molecule has 0 radical (unpaired) electrons. The molecule has 0 aromatic heterocycles. The van der Waals surface area contributed by atoms with Crippen LogP contribution in [0, 0.1) is 5.92 Å². The van der Waals surface area contributed by atoms with Gasteiger partial charge in [-0.15, -0.1) is 0 Å². The molecule has 2 N–H and O–H groups in total. The number of nitrogens with zero attached hydrogens (tertiary/aromatic N) is 1. The van der Waals surface area contributed by atoms with Crippen LogP contribution in [0.15, 0.2) is 18.2 Å². The van der Waals surface area contributed by atoms with Gasteiger partial charge in [0.2, 0.25) is 5.91 Å². The lowest BCUT2D eigenvalue weighted by molar-refractivity contribution is -0.119. The molecule has 0 saturated heterocycles. The van der Waals surface area contributed by atoms with Crippen LogP contribution in [0.4, 0.5) is 11.4 Å². The van der Waals surface area contributed by atoms with E-state index in [-0.39, 0.29) is 11.8 Å². The highest BCUT2D eigenvalue weighted by atomic mass is 16.2. The van der Waals surface area contributed by atoms with Gasteiger partial charge >= 0.3 is 0 Å². The van der Waals surface area contributed by atoms with Gasteiger partial charge in [0.1, 0.15) is 0 Å². The minimum atomic E-state index is -0.0371. The molecular formula is C15H20N2O. The maximum absolute atomic E-state index is 12.4. The summed E-state index contributed by atoms with van der Waals surface area (Å²) in [6.07, 6.45) is 5.11.